The molecular formula is C65H79FN9O12PS. The molecule has 0 saturated carbocycles. The lowest BCUT2D eigenvalue weighted by molar-refractivity contribution is -0.144. The number of aromatic amines is 1. The number of aliphatic hydroxyl groups excluding tert-OH is 1. The van der Waals surface area contributed by atoms with Crippen LogP contribution < -0.4 is 36.6 Å². The molecule has 4 aromatic carbocycles. The number of rotatable bonds is 24. The molecule has 1 saturated heterocycles. The fourth-order valence-corrected chi connectivity index (χ4v) is 14.0. The first kappa shape index (κ1) is 65.3. The van der Waals surface area contributed by atoms with Gasteiger partial charge in [0.05, 0.1) is 46.6 Å². The zero-order chi connectivity index (χ0) is 64.2. The number of nitrogens with zero attached hydrogens (tertiary/aromatic N) is 3. The van der Waals surface area contributed by atoms with Gasteiger partial charge in [-0.2, -0.15) is 0 Å². The highest BCUT2D eigenvalue weighted by Gasteiger charge is 2.46. The first-order valence-electron chi connectivity index (χ1n) is 29.9. The summed E-state index contributed by atoms with van der Waals surface area (Å²) in [6, 6.07) is 17.0. The van der Waals surface area contributed by atoms with Gasteiger partial charge in [0, 0.05) is 56.8 Å². The van der Waals surface area contributed by atoms with Crippen LogP contribution in [0.2, 0.25) is 0 Å². The molecule has 0 bridgehead atoms. The zero-order valence-corrected chi connectivity index (χ0v) is 52.9. The number of anilines is 1. The van der Waals surface area contributed by atoms with Crippen LogP contribution in [-0.4, -0.2) is 130 Å². The number of aromatic nitrogens is 2. The number of likely N-dealkylation sites (tertiary alicyclic amines) is 1. The quantitative estimate of drug-likeness (QED) is 0.0284. The number of hydrogen-bond acceptors (Lipinski definition) is 14. The number of benzene rings is 4. The summed E-state index contributed by atoms with van der Waals surface area (Å²) < 4.78 is 40.7. The standard InChI is InChI=1S/C65H77FN9O12PS.H2/c1-9-87-88(8,85)64(84)43-21-23-47-44(28-43)29-49(71-47)59(79)72-48-24-20-39-12-10-14-42-30-51(75(56(39)42)62(48)82)61(81)70-45(22-25-53(67)77)33-86-52-27-35(2)26-41(55(52)66)13-11-15-54(78)73-58(65(5,6)7)63(83)74-32-46(76)31-50(74)60(80)69-36(3)38-16-18-40(19-17-38)57-37(4)68-34-89-57;/h10,12,14,16-19,21,23,26-29,34,36,45-46,48,50-51,58,71,76H,9,11,13,15,20,22,24-25,30-33H2,1-8H3,(H2,67,77)(H,69,80)(H,70,81)(H,72,79)(H,73,78);1H/t36-,45-,46+,48-,50-,51-,58+,88?;/m0./s1. The molecule has 21 nitrogen and oxygen atoms in total. The summed E-state index contributed by atoms with van der Waals surface area (Å²) in [5, 5.41) is 22.9. The number of ether oxygens (including phenoxy) is 1. The van der Waals surface area contributed by atoms with Crippen molar-refractivity contribution in [3.63, 3.8) is 0 Å². The molecule has 0 aliphatic carbocycles. The molecule has 2 aromatic heterocycles. The van der Waals surface area contributed by atoms with Crippen molar-refractivity contribution in [2.75, 3.05) is 31.3 Å². The van der Waals surface area contributed by atoms with Crippen LogP contribution in [0, 0.1) is 25.1 Å². The summed E-state index contributed by atoms with van der Waals surface area (Å²) in [4.78, 5) is 121. The third kappa shape index (κ3) is 15.0. The van der Waals surface area contributed by atoms with Gasteiger partial charge in [-0.1, -0.05) is 69.3 Å². The van der Waals surface area contributed by atoms with Crippen molar-refractivity contribution in [1.29, 1.82) is 0 Å². The van der Waals surface area contributed by atoms with Crippen LogP contribution >= 0.6 is 18.7 Å². The number of carbonyl (C=O) groups excluding carboxylic acids is 8. The largest absolute Gasteiger partial charge is 0.488 e. The van der Waals surface area contributed by atoms with Gasteiger partial charge < -0.3 is 51.3 Å². The number of hydrogen-bond donors (Lipinski definition) is 7. The highest BCUT2D eigenvalue weighted by atomic mass is 32.1. The van der Waals surface area contributed by atoms with Gasteiger partial charge in [0.2, 0.25) is 41.0 Å². The van der Waals surface area contributed by atoms with Gasteiger partial charge in [-0.3, -0.25) is 47.8 Å². The van der Waals surface area contributed by atoms with Crippen molar-refractivity contribution in [2.24, 2.45) is 11.1 Å². The fourth-order valence-electron chi connectivity index (χ4n) is 11.9. The maximum atomic E-state index is 16.5. The predicted molar refractivity (Wildman–Crippen MR) is 337 cm³/mol. The van der Waals surface area contributed by atoms with E-state index in [1.165, 1.54) is 40.7 Å². The average molecular weight is 1260 g/mol. The van der Waals surface area contributed by atoms with Crippen molar-refractivity contribution in [3.8, 4) is 16.2 Å². The van der Waals surface area contributed by atoms with E-state index in [1.54, 1.807) is 63.6 Å². The van der Waals surface area contributed by atoms with Crippen molar-refractivity contribution < 1.29 is 63.1 Å². The molecule has 3 aliphatic heterocycles. The second-order valence-corrected chi connectivity index (χ2v) is 27.7. The molecular weight excluding hydrogens is 1180 g/mol. The topological polar surface area (TPSA) is 302 Å². The number of aryl methyl sites for hydroxylation is 4. The Labute approximate surface area is 521 Å². The minimum Gasteiger partial charge on any atom is -0.488 e. The van der Waals surface area contributed by atoms with E-state index in [9.17, 15) is 48.0 Å². The van der Waals surface area contributed by atoms with E-state index >= 15 is 4.39 Å². The number of para-hydroxylation sites is 1. The molecule has 474 valence electrons. The highest BCUT2D eigenvalue weighted by molar-refractivity contribution is 7.76. The van der Waals surface area contributed by atoms with Gasteiger partial charge in [0.15, 0.2) is 11.6 Å². The van der Waals surface area contributed by atoms with E-state index in [-0.39, 0.29) is 95.1 Å². The molecule has 8 atom stereocenters. The number of amides is 7. The number of β-amino-alcohol motifs (C(OH)–C–C–N with tert-alkyl or cyclic N) is 1. The van der Waals surface area contributed by atoms with E-state index in [4.69, 9.17) is 15.0 Å². The molecule has 5 heterocycles. The molecule has 7 amide bonds. The Balaban J connectivity index is 0.0000105. The third-order valence-corrected chi connectivity index (χ3v) is 19.3. The second kappa shape index (κ2) is 27.3. The number of primary amides is 1. The molecule has 8 N–H and O–H groups in total. The summed E-state index contributed by atoms with van der Waals surface area (Å²) in [5.74, 6) is -4.64. The van der Waals surface area contributed by atoms with Crippen molar-refractivity contribution >= 4 is 82.2 Å². The van der Waals surface area contributed by atoms with Crippen LogP contribution in [0.3, 0.4) is 0 Å². The highest BCUT2D eigenvalue weighted by Crippen LogP contribution is 2.46. The van der Waals surface area contributed by atoms with Gasteiger partial charge in [-0.15, -0.1) is 11.3 Å². The number of aliphatic hydroxyl groups is 1. The van der Waals surface area contributed by atoms with Crippen LogP contribution in [0.25, 0.3) is 21.3 Å². The summed E-state index contributed by atoms with van der Waals surface area (Å²) in [5.41, 5.74) is 12.4. The van der Waals surface area contributed by atoms with Crippen molar-refractivity contribution in [2.45, 2.75) is 149 Å². The molecule has 24 heteroatoms. The average Bonchev–Trinajstić information content (AvgIpc) is 1.87. The summed E-state index contributed by atoms with van der Waals surface area (Å²) in [6.07, 6.45) is -0.188. The Morgan fingerprint density at radius 2 is 1.69 bits per heavy atom. The minimum absolute atomic E-state index is 0. The number of carbonyl (C=O) groups is 8. The SMILES string of the molecule is CCOP(C)(=O)C(=O)c1ccc2[nH]c(C(=O)N[C@H]3CCc4cccc5c4N(C3=O)[C@H](C(=O)N[C@@H](CCC(N)=O)COc3cc(C)cc(CCCC(=O)N[C@H](C(=O)N4C[C@H](O)C[C@H]4C(=O)N[C@@H](C)c4ccc(-c6scnc6C)cc4)C(C)(C)C)c3F)C5)cc2c1.[HH]. The number of nitrogens with two attached hydrogens (primary N) is 1. The van der Waals surface area contributed by atoms with Crippen molar-refractivity contribution in [1.82, 2.24) is 36.1 Å². The minimum atomic E-state index is -3.61. The Bertz CT molecular complexity index is 3780. The van der Waals surface area contributed by atoms with Crippen LogP contribution in [0.1, 0.15) is 135 Å². The van der Waals surface area contributed by atoms with Gasteiger partial charge in [-0.25, -0.2) is 9.37 Å². The van der Waals surface area contributed by atoms with Crippen molar-refractivity contribution in [3.05, 3.63) is 135 Å². The molecule has 1 fully saturated rings. The molecule has 9 rings (SSSR count). The third-order valence-electron chi connectivity index (χ3n) is 16.6. The number of nitrogens with one attached hydrogen (secondary N) is 5. The summed E-state index contributed by atoms with van der Waals surface area (Å²) in [6.45, 7) is 13.5. The maximum absolute atomic E-state index is 16.5. The number of thiazole rings is 1. The Morgan fingerprint density at radius 3 is 2.38 bits per heavy atom. The lowest BCUT2D eigenvalue weighted by Gasteiger charge is -2.35. The second-order valence-electron chi connectivity index (χ2n) is 24.5. The first-order chi connectivity index (χ1) is 42.2. The lowest BCUT2D eigenvalue weighted by Crippen LogP contribution is -2.57. The number of halogens is 1. The Hall–Kier alpha value is -8.11. The lowest BCUT2D eigenvalue weighted by atomic mass is 9.85. The molecule has 6 aromatic rings. The number of H-pyrrole nitrogens is 1. The molecule has 0 spiro atoms. The van der Waals surface area contributed by atoms with Gasteiger partial charge in [0.1, 0.15) is 36.5 Å². The number of fused-ring (bicyclic) bond motifs is 1. The smallest absolute Gasteiger partial charge is 0.268 e. The van der Waals surface area contributed by atoms with E-state index in [0.717, 1.165) is 32.8 Å². The monoisotopic (exact) mass is 1260 g/mol. The first-order valence-corrected chi connectivity index (χ1v) is 32.9. The fraction of sp³-hybridized carbons (Fsp3) is 0.431. The normalized spacial score (nSPS) is 18.9. The van der Waals surface area contributed by atoms with E-state index in [2.05, 4.69) is 31.2 Å². The molecule has 3 aliphatic rings. The van der Waals surface area contributed by atoms with Crippen LogP contribution in [0.5, 0.6) is 5.75 Å². The summed E-state index contributed by atoms with van der Waals surface area (Å²) in [7, 11) is -3.61. The Kier molecular flexibility index (Phi) is 20.1. The van der Waals surface area contributed by atoms with Crippen LogP contribution in [0.15, 0.2) is 84.4 Å². The van der Waals surface area contributed by atoms with Gasteiger partial charge in [0.25, 0.3) is 13.3 Å². The van der Waals surface area contributed by atoms with Crippen LogP contribution in [-0.2, 0) is 57.1 Å². The summed E-state index contributed by atoms with van der Waals surface area (Å²) >= 11 is 1.54. The van der Waals surface area contributed by atoms with E-state index in [0.29, 0.717) is 28.6 Å². The van der Waals surface area contributed by atoms with E-state index in [1.807, 2.05) is 56.3 Å². The predicted octanol–water partition coefficient (Wildman–Crippen LogP) is 7.90. The van der Waals surface area contributed by atoms with Crippen LogP contribution in [0.4, 0.5) is 10.1 Å². The van der Waals surface area contributed by atoms with Gasteiger partial charge in [-0.05, 0) is 129 Å². The molecule has 89 heavy (non-hydrogen) atoms. The maximum Gasteiger partial charge on any atom is 0.268 e. The van der Waals surface area contributed by atoms with Gasteiger partial charge >= 0.3 is 0 Å². The molecule has 0 radical (unpaired) electrons. The van der Waals surface area contributed by atoms with E-state index < -0.39 is 108 Å². The molecule has 1 unspecified atom stereocenters. The Morgan fingerprint density at radius 1 is 0.955 bits per heavy atom. The zero-order valence-electron chi connectivity index (χ0n) is 51.2.